The Labute approximate surface area is 212 Å². The van der Waals surface area contributed by atoms with Crippen LogP contribution in [0.1, 0.15) is 60.3 Å². The van der Waals surface area contributed by atoms with Crippen LogP contribution in [0.15, 0.2) is 23.8 Å². The minimum Gasteiger partial charge on any atom is -0.390 e. The average molecular weight is 508 g/mol. The Morgan fingerprint density at radius 2 is 2.00 bits per heavy atom. The van der Waals surface area contributed by atoms with E-state index in [1.54, 1.807) is 6.92 Å². The van der Waals surface area contributed by atoms with E-state index in [0.717, 1.165) is 6.42 Å². The Bertz CT molecular complexity index is 1030. The number of rotatable bonds is 6. The molecule has 6 nitrogen and oxygen atoms in total. The zero-order valence-corrected chi connectivity index (χ0v) is 22.0. The van der Waals surface area contributed by atoms with Gasteiger partial charge in [0.05, 0.1) is 6.10 Å². The molecule has 3 saturated carbocycles. The maximum atomic E-state index is 17.6. The van der Waals surface area contributed by atoms with Gasteiger partial charge in [-0.15, -0.1) is 0 Å². The number of alkyl halides is 2. The summed E-state index contributed by atoms with van der Waals surface area (Å²) in [5.41, 5.74) is -6.62. The lowest BCUT2D eigenvalue weighted by Crippen LogP contribution is -2.73. The summed E-state index contributed by atoms with van der Waals surface area (Å²) in [5, 5.41) is 13.5. The highest BCUT2D eigenvalue weighted by Crippen LogP contribution is 2.77. The molecule has 200 valence electrons. The van der Waals surface area contributed by atoms with Gasteiger partial charge in [-0.25, -0.2) is 8.78 Å². The number of allylic oxidation sites excluding steroid dienone is 4. The molecule has 9 atom stereocenters. The highest BCUT2D eigenvalue weighted by atomic mass is 19.1. The van der Waals surface area contributed by atoms with Crippen molar-refractivity contribution in [1.29, 1.82) is 0 Å². The molecule has 8 heteroatoms. The van der Waals surface area contributed by atoms with Crippen LogP contribution in [0.4, 0.5) is 8.78 Å². The van der Waals surface area contributed by atoms with Crippen molar-refractivity contribution in [3.05, 3.63) is 23.8 Å². The van der Waals surface area contributed by atoms with Crippen LogP contribution >= 0.6 is 0 Å². The zero-order chi connectivity index (χ0) is 26.3. The Morgan fingerprint density at radius 1 is 1.28 bits per heavy atom. The van der Waals surface area contributed by atoms with E-state index in [1.165, 1.54) is 18.2 Å². The molecule has 9 unspecified atom stereocenters. The molecule has 36 heavy (non-hydrogen) atoms. The second-order valence-electron chi connectivity index (χ2n) is 12.2. The fourth-order valence-corrected chi connectivity index (χ4v) is 8.96. The number of carbonyl (C=O) groups is 2. The number of halogens is 2. The van der Waals surface area contributed by atoms with Crippen LogP contribution in [0.3, 0.4) is 0 Å². The molecule has 5 rings (SSSR count). The van der Waals surface area contributed by atoms with Crippen molar-refractivity contribution in [2.45, 2.75) is 83.8 Å². The summed E-state index contributed by atoms with van der Waals surface area (Å²) in [5.74, 6) is -1.67. The molecule has 0 bridgehead atoms. The molecule has 1 aliphatic heterocycles. The molecule has 1 saturated heterocycles. The first kappa shape index (κ1) is 26.1. The third kappa shape index (κ3) is 2.90. The van der Waals surface area contributed by atoms with Gasteiger partial charge in [0.25, 0.3) is 0 Å². The van der Waals surface area contributed by atoms with Gasteiger partial charge in [0.1, 0.15) is 12.8 Å². The van der Waals surface area contributed by atoms with Crippen LogP contribution in [0.5, 0.6) is 0 Å². The van der Waals surface area contributed by atoms with E-state index in [4.69, 9.17) is 9.57 Å². The summed E-state index contributed by atoms with van der Waals surface area (Å²) in [6, 6.07) is 0. The SMILES string of the molecule is CCCN1CC2CC3(C)C4CC(F)C5=CC(=O)C=CC5(C)C4(F)C(O)CC3(C)C2(C(=O)COCC)O1. The fraction of sp³-hybridized carbons (Fsp3) is 0.786. The molecule has 1 heterocycles. The van der Waals surface area contributed by atoms with Gasteiger partial charge >= 0.3 is 0 Å². The molecule has 0 amide bonds. The van der Waals surface area contributed by atoms with Gasteiger partial charge in [0.2, 0.25) is 0 Å². The van der Waals surface area contributed by atoms with Crippen molar-refractivity contribution in [2.24, 2.45) is 28.1 Å². The fourth-order valence-electron chi connectivity index (χ4n) is 8.96. The Morgan fingerprint density at radius 3 is 2.67 bits per heavy atom. The second kappa shape index (κ2) is 8.26. The lowest BCUT2D eigenvalue weighted by atomic mass is 9.39. The summed E-state index contributed by atoms with van der Waals surface area (Å²) in [6.07, 6.45) is 2.11. The molecule has 1 N–H and O–H groups in total. The smallest absolute Gasteiger partial charge is 0.193 e. The van der Waals surface area contributed by atoms with Gasteiger partial charge in [-0.2, -0.15) is 5.06 Å². The first-order valence-corrected chi connectivity index (χ1v) is 13.4. The number of aliphatic hydroxyl groups is 1. The minimum atomic E-state index is -2.20. The Balaban J connectivity index is 1.65. The van der Waals surface area contributed by atoms with Crippen molar-refractivity contribution >= 4 is 11.6 Å². The Hall–Kier alpha value is -1.48. The van der Waals surface area contributed by atoms with Crippen molar-refractivity contribution < 1.29 is 33.1 Å². The number of Topliss-reactive ketones (excluding diaryl/α,β-unsaturated/α-hetero) is 1. The van der Waals surface area contributed by atoms with Crippen LogP contribution in [-0.2, 0) is 19.2 Å². The summed E-state index contributed by atoms with van der Waals surface area (Å²) >= 11 is 0. The highest BCUT2D eigenvalue weighted by molar-refractivity contribution is 6.01. The molecule has 0 aromatic carbocycles. The van der Waals surface area contributed by atoms with Gasteiger partial charge in [-0.3, -0.25) is 14.4 Å². The van der Waals surface area contributed by atoms with Crippen LogP contribution in [0.25, 0.3) is 0 Å². The number of hydroxylamine groups is 2. The Kier molecular flexibility index (Phi) is 6.00. The second-order valence-corrected chi connectivity index (χ2v) is 12.2. The largest absolute Gasteiger partial charge is 0.390 e. The predicted molar refractivity (Wildman–Crippen MR) is 129 cm³/mol. The third-order valence-electron chi connectivity index (χ3n) is 10.8. The van der Waals surface area contributed by atoms with Crippen LogP contribution in [0.2, 0.25) is 0 Å². The number of ketones is 2. The van der Waals surface area contributed by atoms with Crippen molar-refractivity contribution in [2.75, 3.05) is 26.3 Å². The number of hydrogen-bond donors (Lipinski definition) is 1. The number of aliphatic hydroxyl groups excluding tert-OH is 1. The molecule has 0 radical (unpaired) electrons. The monoisotopic (exact) mass is 507 g/mol. The molecule has 0 aromatic rings. The number of nitrogens with zero attached hydrogens (tertiary/aromatic N) is 1. The molecule has 0 spiro atoms. The molecule has 4 fully saturated rings. The quantitative estimate of drug-likeness (QED) is 0.587. The highest BCUT2D eigenvalue weighted by Gasteiger charge is 2.83. The summed E-state index contributed by atoms with van der Waals surface area (Å²) in [6.45, 7) is 10.8. The summed E-state index contributed by atoms with van der Waals surface area (Å²) < 4.78 is 38.9. The maximum absolute atomic E-state index is 17.6. The van der Waals surface area contributed by atoms with Crippen LogP contribution in [0, 0.1) is 28.1 Å². The molecular weight excluding hydrogens is 468 g/mol. The first-order valence-electron chi connectivity index (χ1n) is 13.4. The zero-order valence-electron chi connectivity index (χ0n) is 22.0. The summed E-state index contributed by atoms with van der Waals surface area (Å²) in [4.78, 5) is 32.5. The van der Waals surface area contributed by atoms with Crippen LogP contribution < -0.4 is 0 Å². The number of hydrogen-bond acceptors (Lipinski definition) is 6. The van der Waals surface area contributed by atoms with Gasteiger partial charge in [-0.1, -0.05) is 26.8 Å². The van der Waals surface area contributed by atoms with E-state index in [-0.39, 0.29) is 42.5 Å². The summed E-state index contributed by atoms with van der Waals surface area (Å²) in [7, 11) is 0. The normalized spacial score (nSPS) is 49.8. The first-order chi connectivity index (χ1) is 16.9. The van der Waals surface area contributed by atoms with E-state index < -0.39 is 45.7 Å². The number of fused-ring (bicyclic) bond motifs is 7. The van der Waals surface area contributed by atoms with Crippen molar-refractivity contribution in [3.8, 4) is 0 Å². The topological polar surface area (TPSA) is 76.1 Å². The van der Waals surface area contributed by atoms with Gasteiger partial charge < -0.3 is 9.84 Å². The van der Waals surface area contributed by atoms with Crippen molar-refractivity contribution in [3.63, 3.8) is 0 Å². The average Bonchev–Trinajstić information content (AvgIpc) is 3.26. The van der Waals surface area contributed by atoms with E-state index in [0.29, 0.717) is 26.1 Å². The number of carbonyl (C=O) groups excluding carboxylic acids is 2. The van der Waals surface area contributed by atoms with E-state index in [9.17, 15) is 14.7 Å². The third-order valence-corrected chi connectivity index (χ3v) is 10.8. The minimum absolute atomic E-state index is 0.00750. The standard InChI is InChI=1S/C28H39F2NO5/c1-6-10-31-15-17-13-25(4)21-12-20(29)19-11-18(32)8-9-24(19,3)27(21,30)22(33)14-26(25,5)28(17,36-31)23(34)16-35-7-2/h8-9,11,17,20-22,33H,6-7,10,12-16H2,1-5H3. The van der Waals surface area contributed by atoms with Gasteiger partial charge in [0.15, 0.2) is 22.8 Å². The van der Waals surface area contributed by atoms with Gasteiger partial charge in [-0.05, 0) is 62.7 Å². The predicted octanol–water partition coefficient (Wildman–Crippen LogP) is 3.92. The lowest BCUT2D eigenvalue weighted by molar-refractivity contribution is -0.287. The molecular formula is C28H39F2NO5. The van der Waals surface area contributed by atoms with E-state index >= 15 is 8.78 Å². The van der Waals surface area contributed by atoms with Gasteiger partial charge in [0, 0.05) is 42.4 Å². The maximum Gasteiger partial charge on any atom is 0.193 e. The molecule has 5 aliphatic rings. The lowest BCUT2D eigenvalue weighted by Gasteiger charge is -2.67. The van der Waals surface area contributed by atoms with E-state index in [2.05, 4.69) is 0 Å². The van der Waals surface area contributed by atoms with Crippen LogP contribution in [-0.4, -0.2) is 71.6 Å². The molecule has 0 aromatic heterocycles. The molecule has 4 aliphatic carbocycles. The van der Waals surface area contributed by atoms with E-state index in [1.807, 2.05) is 32.8 Å². The van der Waals surface area contributed by atoms with Crippen molar-refractivity contribution in [1.82, 2.24) is 5.06 Å². The number of ether oxygens (including phenoxy) is 1.